The van der Waals surface area contributed by atoms with Gasteiger partial charge in [-0.25, -0.2) is 0 Å². The second-order valence-electron chi connectivity index (χ2n) is 4.67. The number of benzene rings is 1. The molecule has 2 unspecified atom stereocenters. The van der Waals surface area contributed by atoms with Crippen LogP contribution in [0.25, 0.3) is 0 Å². The molecule has 0 aliphatic heterocycles. The second-order valence-corrected chi connectivity index (χ2v) is 5.59. The van der Waals surface area contributed by atoms with Crippen LogP contribution in [0.1, 0.15) is 24.9 Å². The van der Waals surface area contributed by atoms with Crippen LogP contribution in [-0.4, -0.2) is 11.9 Å². The molecule has 96 valence electrons. The van der Waals surface area contributed by atoms with Gasteiger partial charge in [0.05, 0.1) is 12.0 Å². The quantitative estimate of drug-likeness (QED) is 0.843. The Morgan fingerprint density at radius 3 is 2.61 bits per heavy atom. The van der Waals surface area contributed by atoms with Crippen LogP contribution in [0.3, 0.4) is 0 Å². The molecule has 0 bridgehead atoms. The standard InChI is InChI=1S/C14H17BrN2O/c1-9(10-2-5-12(15)6-3-10)17-14(18)11-4-7-13(16)8-11/h2-7,9,11,13H,8,16H2,1H3,(H,17,18)/t9-,11?,13?/m1/s1. The summed E-state index contributed by atoms with van der Waals surface area (Å²) in [6.45, 7) is 1.99. The Balaban J connectivity index is 1.95. The molecule has 1 aromatic carbocycles. The third kappa shape index (κ3) is 3.21. The largest absolute Gasteiger partial charge is 0.349 e. The van der Waals surface area contributed by atoms with E-state index in [2.05, 4.69) is 21.2 Å². The molecular formula is C14H17BrN2O. The molecule has 2 rings (SSSR count). The highest BCUT2D eigenvalue weighted by molar-refractivity contribution is 9.10. The molecule has 0 radical (unpaired) electrons. The van der Waals surface area contributed by atoms with E-state index in [1.165, 1.54) is 0 Å². The Bertz CT molecular complexity index is 455. The smallest absolute Gasteiger partial charge is 0.227 e. The molecule has 0 fully saturated rings. The Morgan fingerprint density at radius 2 is 2.06 bits per heavy atom. The molecule has 0 heterocycles. The number of nitrogens with two attached hydrogens (primary N) is 1. The topological polar surface area (TPSA) is 55.1 Å². The van der Waals surface area contributed by atoms with Gasteiger partial charge in [0, 0.05) is 10.5 Å². The lowest BCUT2D eigenvalue weighted by atomic mass is 10.0. The minimum absolute atomic E-state index is 0.0100. The number of halogens is 1. The summed E-state index contributed by atoms with van der Waals surface area (Å²) in [6, 6.07) is 7.99. The van der Waals surface area contributed by atoms with Gasteiger partial charge in [-0.15, -0.1) is 0 Å². The Kier molecular flexibility index (Phi) is 4.19. The van der Waals surface area contributed by atoms with Crippen LogP contribution >= 0.6 is 15.9 Å². The predicted molar refractivity (Wildman–Crippen MR) is 75.9 cm³/mol. The van der Waals surface area contributed by atoms with Gasteiger partial charge in [0.1, 0.15) is 0 Å². The minimum Gasteiger partial charge on any atom is -0.349 e. The summed E-state index contributed by atoms with van der Waals surface area (Å²) in [6.07, 6.45) is 4.50. The summed E-state index contributed by atoms with van der Waals surface area (Å²) in [5.41, 5.74) is 6.84. The van der Waals surface area contributed by atoms with Gasteiger partial charge in [-0.3, -0.25) is 4.79 Å². The van der Waals surface area contributed by atoms with Gasteiger partial charge in [0.2, 0.25) is 5.91 Å². The van der Waals surface area contributed by atoms with Crippen molar-refractivity contribution in [2.24, 2.45) is 11.7 Å². The molecule has 1 aliphatic carbocycles. The first-order valence-corrected chi connectivity index (χ1v) is 6.85. The van der Waals surface area contributed by atoms with Crippen LogP contribution in [0.4, 0.5) is 0 Å². The zero-order valence-corrected chi connectivity index (χ0v) is 11.9. The molecule has 1 aromatic rings. The van der Waals surface area contributed by atoms with Crippen LogP contribution in [0.2, 0.25) is 0 Å². The van der Waals surface area contributed by atoms with E-state index in [0.717, 1.165) is 10.0 Å². The molecule has 0 saturated heterocycles. The minimum atomic E-state index is -0.0853. The van der Waals surface area contributed by atoms with Gasteiger partial charge in [0.15, 0.2) is 0 Å². The summed E-state index contributed by atoms with van der Waals surface area (Å²) < 4.78 is 1.04. The van der Waals surface area contributed by atoms with Gasteiger partial charge in [-0.2, -0.15) is 0 Å². The first-order valence-electron chi connectivity index (χ1n) is 6.06. The SMILES string of the molecule is C[C@@H](NC(=O)C1C=CC(N)C1)c1ccc(Br)cc1. The maximum absolute atomic E-state index is 12.0. The van der Waals surface area contributed by atoms with E-state index >= 15 is 0 Å². The zero-order valence-electron chi connectivity index (χ0n) is 10.3. The fraction of sp³-hybridized carbons (Fsp3) is 0.357. The van der Waals surface area contributed by atoms with Gasteiger partial charge in [0.25, 0.3) is 0 Å². The van der Waals surface area contributed by atoms with Crippen LogP contribution in [0.15, 0.2) is 40.9 Å². The fourth-order valence-corrected chi connectivity index (χ4v) is 2.34. The van der Waals surface area contributed by atoms with Gasteiger partial charge >= 0.3 is 0 Å². The average Bonchev–Trinajstić information content (AvgIpc) is 2.76. The molecule has 18 heavy (non-hydrogen) atoms. The lowest BCUT2D eigenvalue weighted by Gasteiger charge is -2.17. The highest BCUT2D eigenvalue weighted by Crippen LogP contribution is 2.20. The van der Waals surface area contributed by atoms with E-state index in [4.69, 9.17) is 5.73 Å². The molecule has 3 N–H and O–H groups in total. The number of carbonyl (C=O) groups excluding carboxylic acids is 1. The van der Waals surface area contributed by atoms with Crippen LogP contribution in [-0.2, 0) is 4.79 Å². The van der Waals surface area contributed by atoms with Crippen molar-refractivity contribution in [1.82, 2.24) is 5.32 Å². The number of nitrogens with one attached hydrogen (secondary N) is 1. The van der Waals surface area contributed by atoms with Crippen molar-refractivity contribution in [3.8, 4) is 0 Å². The third-order valence-corrected chi connectivity index (χ3v) is 3.71. The van der Waals surface area contributed by atoms with E-state index in [9.17, 15) is 4.79 Å². The van der Waals surface area contributed by atoms with E-state index in [1.807, 2.05) is 43.3 Å². The molecule has 0 saturated carbocycles. The Morgan fingerprint density at radius 1 is 1.39 bits per heavy atom. The molecule has 3 nitrogen and oxygen atoms in total. The van der Waals surface area contributed by atoms with E-state index < -0.39 is 0 Å². The van der Waals surface area contributed by atoms with Crippen molar-refractivity contribution in [3.05, 3.63) is 46.5 Å². The van der Waals surface area contributed by atoms with Crippen molar-refractivity contribution in [2.75, 3.05) is 0 Å². The fourth-order valence-electron chi connectivity index (χ4n) is 2.08. The van der Waals surface area contributed by atoms with Crippen molar-refractivity contribution in [3.63, 3.8) is 0 Å². The van der Waals surface area contributed by atoms with Crippen LogP contribution in [0, 0.1) is 5.92 Å². The Hall–Kier alpha value is -1.13. The summed E-state index contributed by atoms with van der Waals surface area (Å²) >= 11 is 3.40. The summed E-state index contributed by atoms with van der Waals surface area (Å²) in [4.78, 5) is 12.0. The summed E-state index contributed by atoms with van der Waals surface area (Å²) in [7, 11) is 0. The molecule has 1 aliphatic rings. The highest BCUT2D eigenvalue weighted by Gasteiger charge is 2.23. The molecule has 1 amide bonds. The van der Waals surface area contributed by atoms with Crippen molar-refractivity contribution >= 4 is 21.8 Å². The van der Waals surface area contributed by atoms with Gasteiger partial charge in [-0.05, 0) is 31.0 Å². The lowest BCUT2D eigenvalue weighted by molar-refractivity contribution is -0.124. The first kappa shape index (κ1) is 13.3. The summed E-state index contributed by atoms with van der Waals surface area (Å²) in [5, 5.41) is 3.02. The van der Waals surface area contributed by atoms with E-state index in [-0.39, 0.29) is 23.9 Å². The normalized spacial score (nSPS) is 23.9. The number of hydrogen-bond donors (Lipinski definition) is 2. The molecule has 3 atom stereocenters. The highest BCUT2D eigenvalue weighted by atomic mass is 79.9. The van der Waals surface area contributed by atoms with Gasteiger partial charge in [-0.1, -0.05) is 40.2 Å². The van der Waals surface area contributed by atoms with Crippen LogP contribution in [0.5, 0.6) is 0 Å². The molecule has 0 spiro atoms. The second kappa shape index (κ2) is 5.67. The van der Waals surface area contributed by atoms with Crippen LogP contribution < -0.4 is 11.1 Å². The van der Waals surface area contributed by atoms with Crippen molar-refractivity contribution < 1.29 is 4.79 Å². The van der Waals surface area contributed by atoms with E-state index in [1.54, 1.807) is 0 Å². The third-order valence-electron chi connectivity index (χ3n) is 3.18. The number of amides is 1. The Labute approximate surface area is 116 Å². The van der Waals surface area contributed by atoms with E-state index in [0.29, 0.717) is 6.42 Å². The number of rotatable bonds is 3. The van der Waals surface area contributed by atoms with Crippen molar-refractivity contribution in [1.29, 1.82) is 0 Å². The first-order chi connectivity index (χ1) is 8.56. The monoisotopic (exact) mass is 308 g/mol. The van der Waals surface area contributed by atoms with Crippen molar-refractivity contribution in [2.45, 2.75) is 25.4 Å². The van der Waals surface area contributed by atoms with Gasteiger partial charge < -0.3 is 11.1 Å². The maximum Gasteiger partial charge on any atom is 0.227 e. The summed E-state index contributed by atoms with van der Waals surface area (Å²) in [5.74, 6) is -0.0347. The molecule has 0 aromatic heterocycles. The average molecular weight is 309 g/mol. The molecule has 4 heteroatoms. The zero-order chi connectivity index (χ0) is 13.1. The number of carbonyl (C=O) groups is 1. The maximum atomic E-state index is 12.0. The predicted octanol–water partition coefficient (Wildman–Crippen LogP) is 2.53. The molecular weight excluding hydrogens is 292 g/mol. The number of hydrogen-bond acceptors (Lipinski definition) is 2. The lowest BCUT2D eigenvalue weighted by Crippen LogP contribution is -2.32.